The molecular formula is C15H10ClNO3. The van der Waals surface area contributed by atoms with Crippen molar-refractivity contribution < 1.29 is 13.9 Å². The number of hydrogen-bond donors (Lipinski definition) is 0. The molecule has 0 N–H and O–H groups in total. The fraction of sp³-hybridized carbons (Fsp3) is 0.0667. The molecule has 2 aromatic rings. The average molecular weight is 288 g/mol. The maximum Gasteiger partial charge on any atom is 0.363 e. The molecule has 2 heterocycles. The number of benzene rings is 1. The number of hydrogen-bond acceptors (Lipinski definition) is 4. The van der Waals surface area contributed by atoms with Crippen molar-refractivity contribution in [1.29, 1.82) is 0 Å². The van der Waals surface area contributed by atoms with Gasteiger partial charge in [-0.1, -0.05) is 17.7 Å². The number of aryl methyl sites for hydroxylation is 1. The summed E-state index contributed by atoms with van der Waals surface area (Å²) < 4.78 is 10.5. The van der Waals surface area contributed by atoms with Crippen LogP contribution in [-0.4, -0.2) is 11.9 Å². The summed E-state index contributed by atoms with van der Waals surface area (Å²) in [5, 5.41) is 0.556. The molecule has 0 aliphatic carbocycles. The molecule has 0 radical (unpaired) electrons. The van der Waals surface area contributed by atoms with Crippen molar-refractivity contribution in [2.24, 2.45) is 4.99 Å². The third-order valence-electron chi connectivity index (χ3n) is 2.73. The second-order valence-electron chi connectivity index (χ2n) is 4.29. The van der Waals surface area contributed by atoms with Gasteiger partial charge in [-0.15, -0.1) is 0 Å². The molecule has 0 unspecified atom stereocenters. The molecule has 3 rings (SSSR count). The van der Waals surface area contributed by atoms with E-state index in [0.29, 0.717) is 16.3 Å². The third kappa shape index (κ3) is 2.51. The standard InChI is InChI=1S/C15H10ClNO3/c1-9-5-6-12(19-9)8-13-15(18)20-14(17-13)10-3-2-4-11(16)7-10/h2-8H,1H3/b13-8-. The lowest BCUT2D eigenvalue weighted by Crippen LogP contribution is -2.05. The highest BCUT2D eigenvalue weighted by Gasteiger charge is 2.24. The van der Waals surface area contributed by atoms with Crippen LogP contribution < -0.4 is 0 Å². The Bertz CT molecular complexity index is 743. The molecular weight excluding hydrogens is 278 g/mol. The second kappa shape index (κ2) is 4.98. The second-order valence-corrected chi connectivity index (χ2v) is 4.73. The summed E-state index contributed by atoms with van der Waals surface area (Å²) in [5.41, 5.74) is 0.860. The van der Waals surface area contributed by atoms with E-state index in [1.165, 1.54) is 0 Å². The Morgan fingerprint density at radius 3 is 2.80 bits per heavy atom. The first-order valence-electron chi connectivity index (χ1n) is 5.97. The number of ether oxygens (including phenoxy) is 1. The van der Waals surface area contributed by atoms with Gasteiger partial charge in [-0.05, 0) is 37.3 Å². The van der Waals surface area contributed by atoms with E-state index in [4.69, 9.17) is 20.8 Å². The van der Waals surface area contributed by atoms with Gasteiger partial charge in [-0.2, -0.15) is 0 Å². The topological polar surface area (TPSA) is 51.8 Å². The summed E-state index contributed by atoms with van der Waals surface area (Å²) >= 11 is 5.90. The smallest absolute Gasteiger partial charge is 0.363 e. The van der Waals surface area contributed by atoms with Gasteiger partial charge in [0.1, 0.15) is 11.5 Å². The summed E-state index contributed by atoms with van der Waals surface area (Å²) in [6.07, 6.45) is 1.55. The Hall–Kier alpha value is -2.33. The van der Waals surface area contributed by atoms with Gasteiger partial charge < -0.3 is 9.15 Å². The maximum atomic E-state index is 11.8. The SMILES string of the molecule is Cc1ccc(/C=C2\N=C(c3cccc(Cl)c3)OC2=O)o1. The molecule has 20 heavy (non-hydrogen) atoms. The normalized spacial score (nSPS) is 16.4. The molecule has 5 heteroatoms. The van der Waals surface area contributed by atoms with Gasteiger partial charge in [0, 0.05) is 16.7 Å². The van der Waals surface area contributed by atoms with Crippen LogP contribution in [0, 0.1) is 6.92 Å². The summed E-state index contributed by atoms with van der Waals surface area (Å²) in [4.78, 5) is 15.9. The van der Waals surface area contributed by atoms with Crippen molar-refractivity contribution in [3.8, 4) is 0 Å². The number of cyclic esters (lactones) is 1. The van der Waals surface area contributed by atoms with Crippen molar-refractivity contribution in [2.75, 3.05) is 0 Å². The van der Waals surface area contributed by atoms with Gasteiger partial charge in [0.15, 0.2) is 5.70 Å². The predicted octanol–water partition coefficient (Wildman–Crippen LogP) is 3.59. The van der Waals surface area contributed by atoms with Crippen LogP contribution in [0.3, 0.4) is 0 Å². The fourth-order valence-corrected chi connectivity index (χ4v) is 2.01. The Morgan fingerprint density at radius 2 is 2.10 bits per heavy atom. The van der Waals surface area contributed by atoms with Crippen LogP contribution in [0.15, 0.2) is 51.5 Å². The van der Waals surface area contributed by atoms with Gasteiger partial charge >= 0.3 is 5.97 Å². The van der Waals surface area contributed by atoms with Crippen molar-refractivity contribution in [3.05, 3.63) is 64.2 Å². The van der Waals surface area contributed by atoms with Crippen LogP contribution in [0.25, 0.3) is 6.08 Å². The van der Waals surface area contributed by atoms with Crippen LogP contribution in [0.5, 0.6) is 0 Å². The van der Waals surface area contributed by atoms with Gasteiger partial charge in [-0.25, -0.2) is 9.79 Å². The lowest BCUT2D eigenvalue weighted by atomic mass is 10.2. The summed E-state index contributed by atoms with van der Waals surface area (Å²) in [7, 11) is 0. The molecule has 1 aromatic heterocycles. The van der Waals surface area contributed by atoms with Gasteiger partial charge in [0.05, 0.1) is 0 Å². The van der Waals surface area contributed by atoms with Crippen LogP contribution in [0.1, 0.15) is 17.1 Å². The Labute approximate surface area is 120 Å². The zero-order valence-electron chi connectivity index (χ0n) is 10.6. The number of nitrogens with zero attached hydrogens (tertiary/aromatic N) is 1. The van der Waals surface area contributed by atoms with E-state index in [9.17, 15) is 4.79 Å². The monoisotopic (exact) mass is 287 g/mol. The molecule has 1 aliphatic heterocycles. The molecule has 0 saturated carbocycles. The Balaban J connectivity index is 1.94. The first-order chi connectivity index (χ1) is 9.61. The van der Waals surface area contributed by atoms with Gasteiger partial charge in [0.2, 0.25) is 5.90 Å². The number of esters is 1. The molecule has 1 aromatic carbocycles. The minimum absolute atomic E-state index is 0.203. The van der Waals surface area contributed by atoms with E-state index in [1.54, 1.807) is 36.4 Å². The zero-order valence-corrected chi connectivity index (χ0v) is 11.3. The van der Waals surface area contributed by atoms with Crippen molar-refractivity contribution in [2.45, 2.75) is 6.92 Å². The van der Waals surface area contributed by atoms with E-state index in [1.807, 2.05) is 13.0 Å². The molecule has 0 amide bonds. The van der Waals surface area contributed by atoms with E-state index < -0.39 is 5.97 Å². The highest BCUT2D eigenvalue weighted by Crippen LogP contribution is 2.21. The van der Waals surface area contributed by atoms with E-state index >= 15 is 0 Å². The number of carbonyl (C=O) groups excluding carboxylic acids is 1. The Morgan fingerprint density at radius 1 is 1.25 bits per heavy atom. The molecule has 0 saturated heterocycles. The van der Waals surface area contributed by atoms with E-state index in [0.717, 1.165) is 5.76 Å². The van der Waals surface area contributed by atoms with Crippen LogP contribution in [-0.2, 0) is 9.53 Å². The minimum Gasteiger partial charge on any atom is -0.462 e. The first-order valence-corrected chi connectivity index (χ1v) is 6.34. The highest BCUT2D eigenvalue weighted by atomic mass is 35.5. The van der Waals surface area contributed by atoms with Gasteiger partial charge in [-0.3, -0.25) is 0 Å². The molecule has 0 atom stereocenters. The molecule has 0 fully saturated rings. The summed E-state index contributed by atoms with van der Waals surface area (Å²) in [5.74, 6) is 1.06. The lowest BCUT2D eigenvalue weighted by Gasteiger charge is -1.98. The minimum atomic E-state index is -0.506. The molecule has 100 valence electrons. The fourth-order valence-electron chi connectivity index (χ4n) is 1.82. The Kier molecular flexibility index (Phi) is 3.16. The van der Waals surface area contributed by atoms with Crippen LogP contribution in [0.2, 0.25) is 5.02 Å². The van der Waals surface area contributed by atoms with Crippen molar-refractivity contribution in [3.63, 3.8) is 0 Å². The van der Waals surface area contributed by atoms with Crippen LogP contribution in [0.4, 0.5) is 0 Å². The quantitative estimate of drug-likeness (QED) is 0.626. The summed E-state index contributed by atoms with van der Waals surface area (Å²) in [6.45, 7) is 1.83. The average Bonchev–Trinajstić information content (AvgIpc) is 2.97. The zero-order chi connectivity index (χ0) is 14.1. The molecule has 0 bridgehead atoms. The number of furan rings is 1. The maximum absolute atomic E-state index is 11.8. The van der Waals surface area contributed by atoms with Crippen molar-refractivity contribution >= 4 is 29.5 Å². The van der Waals surface area contributed by atoms with E-state index in [2.05, 4.69) is 4.99 Å². The third-order valence-corrected chi connectivity index (χ3v) is 2.97. The highest BCUT2D eigenvalue weighted by molar-refractivity contribution is 6.31. The molecule has 4 nitrogen and oxygen atoms in total. The summed E-state index contributed by atoms with van der Waals surface area (Å²) in [6, 6.07) is 10.6. The molecule has 0 spiro atoms. The number of carbonyl (C=O) groups is 1. The number of halogens is 1. The van der Waals surface area contributed by atoms with Gasteiger partial charge in [0.25, 0.3) is 0 Å². The molecule has 1 aliphatic rings. The number of rotatable bonds is 2. The van der Waals surface area contributed by atoms with Crippen LogP contribution >= 0.6 is 11.6 Å². The first kappa shape index (κ1) is 12.7. The largest absolute Gasteiger partial charge is 0.462 e. The predicted molar refractivity (Wildman–Crippen MR) is 75.5 cm³/mol. The number of aliphatic imine (C=N–C) groups is 1. The lowest BCUT2D eigenvalue weighted by molar-refractivity contribution is -0.129. The van der Waals surface area contributed by atoms with Crippen molar-refractivity contribution in [1.82, 2.24) is 0 Å². The van der Waals surface area contributed by atoms with E-state index in [-0.39, 0.29) is 11.6 Å².